The van der Waals surface area contributed by atoms with Gasteiger partial charge in [0.05, 0.1) is 57.6 Å². The summed E-state index contributed by atoms with van der Waals surface area (Å²) in [6.07, 6.45) is 5.37. The molecule has 18 heteroatoms. The summed E-state index contributed by atoms with van der Waals surface area (Å²) in [6, 6.07) is 15.8. The van der Waals surface area contributed by atoms with Crippen LogP contribution in [0.15, 0.2) is 48.5 Å². The van der Waals surface area contributed by atoms with Crippen LogP contribution in [0.1, 0.15) is 47.3 Å². The molecule has 4 heterocycles. The number of nitrogens with two attached hydrogens (primary N) is 2. The lowest BCUT2D eigenvalue weighted by Gasteiger charge is -2.45. The molecule has 62 heavy (non-hydrogen) atoms. The molecule has 0 saturated carbocycles. The number of aromatic nitrogens is 2. The number of rotatable bonds is 20. The Morgan fingerprint density at radius 1 is 0.790 bits per heavy atom. The lowest BCUT2D eigenvalue weighted by molar-refractivity contribution is -0.933. The van der Waals surface area contributed by atoms with Crippen LogP contribution in [0.25, 0.3) is 0 Å². The number of hydrogen-bond donors (Lipinski definition) is 5. The van der Waals surface area contributed by atoms with Crippen molar-refractivity contribution in [1.29, 1.82) is 0 Å². The third-order valence-corrected chi connectivity index (χ3v) is 12.0. The van der Waals surface area contributed by atoms with Crippen molar-refractivity contribution in [1.82, 2.24) is 35.7 Å². The van der Waals surface area contributed by atoms with Crippen molar-refractivity contribution in [3.8, 4) is 11.5 Å². The molecule has 6 rings (SSSR count). The van der Waals surface area contributed by atoms with Crippen LogP contribution in [0.2, 0.25) is 5.15 Å². The highest BCUT2D eigenvalue weighted by atomic mass is 35.5. The number of anilines is 2. The van der Waals surface area contributed by atoms with Crippen LogP contribution in [-0.2, 0) is 31.9 Å². The number of nitrogens with zero attached hydrogens (tertiary/aromatic N) is 5. The van der Waals surface area contributed by atoms with Crippen molar-refractivity contribution in [2.75, 3.05) is 117 Å². The van der Waals surface area contributed by atoms with Crippen molar-refractivity contribution in [2.45, 2.75) is 56.8 Å². The van der Waals surface area contributed by atoms with Crippen LogP contribution < -0.4 is 36.9 Å². The predicted octanol–water partition coefficient (Wildman–Crippen LogP) is 1.92. The van der Waals surface area contributed by atoms with Gasteiger partial charge in [-0.3, -0.25) is 14.4 Å². The number of nitrogen functional groups attached to an aromatic ring is 2. The molecule has 17 nitrogen and oxygen atoms in total. The number of carbonyl (C=O) groups excluding carboxylic acids is 3. The fourth-order valence-electron chi connectivity index (χ4n) is 8.40. The summed E-state index contributed by atoms with van der Waals surface area (Å²) in [6.45, 7) is 9.12. The van der Waals surface area contributed by atoms with Crippen molar-refractivity contribution >= 4 is 41.0 Å². The van der Waals surface area contributed by atoms with E-state index in [1.807, 2.05) is 38.4 Å². The fourth-order valence-corrected chi connectivity index (χ4v) is 8.53. The fraction of sp³-hybridized carbons (Fsp3) is 0.568. The van der Waals surface area contributed by atoms with E-state index in [9.17, 15) is 14.4 Å². The Morgan fingerprint density at radius 2 is 1.31 bits per heavy atom. The molecule has 2 aromatic carbocycles. The number of likely N-dealkylation sites (tertiary alicyclic amines) is 1. The van der Waals surface area contributed by atoms with Gasteiger partial charge < -0.3 is 60.6 Å². The summed E-state index contributed by atoms with van der Waals surface area (Å²) in [4.78, 5) is 50.7. The Bertz CT molecular complexity index is 1830. The number of ether oxygens (including phenoxy) is 4. The molecule has 3 amide bonds. The first kappa shape index (κ1) is 46.7. The highest BCUT2D eigenvalue weighted by molar-refractivity contribution is 6.31. The van der Waals surface area contributed by atoms with Crippen molar-refractivity contribution in [3.63, 3.8) is 0 Å². The maximum Gasteiger partial charge on any atom is 0.274 e. The highest BCUT2D eigenvalue weighted by Crippen LogP contribution is 2.25. The molecule has 7 N–H and O–H groups in total. The molecule has 0 spiro atoms. The molecule has 3 aromatic rings. The van der Waals surface area contributed by atoms with Gasteiger partial charge in [-0.25, -0.2) is 9.97 Å². The molecule has 338 valence electrons. The van der Waals surface area contributed by atoms with Crippen molar-refractivity contribution in [2.24, 2.45) is 0 Å². The highest BCUT2D eigenvalue weighted by Gasteiger charge is 2.36. The van der Waals surface area contributed by atoms with E-state index in [4.69, 9.17) is 42.0 Å². The number of aryl methyl sites for hydroxylation is 2. The monoisotopic (exact) mass is 879 g/mol. The van der Waals surface area contributed by atoms with Gasteiger partial charge in [-0.15, -0.1) is 0 Å². The second kappa shape index (κ2) is 23.1. The van der Waals surface area contributed by atoms with Crippen LogP contribution in [0, 0.1) is 0 Å². The second-order valence-corrected chi connectivity index (χ2v) is 17.2. The molecular formula is C44H64ClN10O7+. The van der Waals surface area contributed by atoms with Crippen LogP contribution in [0.4, 0.5) is 11.6 Å². The number of likely N-dealkylation sites (N-methyl/N-ethyl adjacent to an activating group) is 2. The minimum atomic E-state index is -0.418. The Kier molecular flexibility index (Phi) is 17.4. The topological polar surface area (TPSA) is 209 Å². The first-order chi connectivity index (χ1) is 29.9. The van der Waals surface area contributed by atoms with E-state index in [2.05, 4.69) is 60.0 Å². The lowest BCUT2D eigenvalue weighted by Crippen LogP contribution is -2.60. The molecule has 3 unspecified atom stereocenters. The number of nitrogens with one attached hydrogen (secondary N) is 3. The van der Waals surface area contributed by atoms with Crippen molar-refractivity contribution in [3.05, 3.63) is 70.5 Å². The van der Waals surface area contributed by atoms with E-state index in [0.717, 1.165) is 95.4 Å². The zero-order valence-electron chi connectivity index (χ0n) is 36.1. The number of halogens is 1. The minimum Gasteiger partial charge on any atom is -0.484 e. The SMILES string of the molecule is CN1CCOC(CNC(=O)COc2ccc(CCC[N+]3(CCCc4ccc(OCC(=O)NCC5CN(C)CCO5)cc4)CCCC(NC(=O)c4nc(Cl)c(N)nc4N)C3)cc2)C1. The van der Waals surface area contributed by atoms with Gasteiger partial charge in [-0.05, 0) is 75.2 Å². The van der Waals surface area contributed by atoms with Gasteiger partial charge in [-0.2, -0.15) is 0 Å². The van der Waals surface area contributed by atoms with Crippen molar-refractivity contribution < 1.29 is 37.8 Å². The first-order valence-corrected chi connectivity index (χ1v) is 22.1. The maximum atomic E-state index is 13.4. The molecule has 3 aliphatic rings. The second-order valence-electron chi connectivity index (χ2n) is 16.8. The summed E-state index contributed by atoms with van der Waals surface area (Å²) >= 11 is 6.09. The van der Waals surface area contributed by atoms with Gasteiger partial charge in [0.25, 0.3) is 17.7 Å². The van der Waals surface area contributed by atoms with E-state index in [0.29, 0.717) is 37.8 Å². The summed E-state index contributed by atoms with van der Waals surface area (Å²) < 4.78 is 23.9. The van der Waals surface area contributed by atoms with Crippen LogP contribution >= 0.6 is 11.6 Å². The molecule has 3 fully saturated rings. The lowest BCUT2D eigenvalue weighted by atomic mass is 9.99. The standard InChI is InChI=1S/C44H63ClN10O7/c1-53-17-22-59-36(26-53)24-48-38(56)29-61-34-13-9-31(10-14-34)6-3-19-55(21-5-8-33(28-55)50-44(58)40-42(46)52-43(47)41(45)51-40)20-4-7-32-11-15-35(16-12-32)62-30-39(57)49-25-37-27-54(2)18-23-60-37/h9-16,33,36-37H,3-8,17-30H2,1-2H3,(H6-,46,47,48,49,50,52,56,57,58)/p+1. The first-order valence-electron chi connectivity index (χ1n) is 21.7. The van der Waals surface area contributed by atoms with E-state index in [1.165, 1.54) is 11.1 Å². The summed E-state index contributed by atoms with van der Waals surface area (Å²) in [5.74, 6) is 0.426. The van der Waals surface area contributed by atoms with Gasteiger partial charge in [0.15, 0.2) is 35.7 Å². The normalized spacial score (nSPS) is 22.1. The number of piperidine rings is 1. The number of benzene rings is 2. The molecule has 0 aliphatic carbocycles. The Balaban J connectivity index is 0.993. The molecule has 3 aliphatic heterocycles. The summed E-state index contributed by atoms with van der Waals surface area (Å²) in [5.41, 5.74) is 14.1. The molecule has 0 radical (unpaired) electrons. The number of carbonyl (C=O) groups is 3. The smallest absolute Gasteiger partial charge is 0.274 e. The molecule has 3 saturated heterocycles. The van der Waals surface area contributed by atoms with Gasteiger partial charge in [-0.1, -0.05) is 35.9 Å². The largest absolute Gasteiger partial charge is 0.484 e. The average molecular weight is 881 g/mol. The zero-order chi connectivity index (χ0) is 43.9. The minimum absolute atomic E-state index is 0.0158. The molecule has 0 bridgehead atoms. The third kappa shape index (κ3) is 14.7. The van der Waals surface area contributed by atoms with Crippen LogP contribution in [0.3, 0.4) is 0 Å². The van der Waals surface area contributed by atoms with Gasteiger partial charge >= 0.3 is 0 Å². The number of morpholine rings is 2. The van der Waals surface area contributed by atoms with E-state index < -0.39 is 5.91 Å². The molecule has 3 atom stereocenters. The Labute approximate surface area is 369 Å². The summed E-state index contributed by atoms with van der Waals surface area (Å²) in [5, 5.41) is 8.92. The molecule has 1 aromatic heterocycles. The average Bonchev–Trinajstić information content (AvgIpc) is 3.26. The van der Waals surface area contributed by atoms with Crippen LogP contribution in [-0.4, -0.2) is 166 Å². The maximum absolute atomic E-state index is 13.4. The van der Waals surface area contributed by atoms with E-state index >= 15 is 0 Å². The Hall–Kier alpha value is -4.78. The van der Waals surface area contributed by atoms with Gasteiger partial charge in [0.1, 0.15) is 11.5 Å². The Morgan fingerprint density at radius 3 is 1.81 bits per heavy atom. The quantitative estimate of drug-likeness (QED) is 0.103. The number of amides is 3. The predicted molar refractivity (Wildman–Crippen MR) is 237 cm³/mol. The zero-order valence-corrected chi connectivity index (χ0v) is 36.9. The summed E-state index contributed by atoms with van der Waals surface area (Å²) in [7, 11) is 4.09. The number of hydrogen-bond acceptors (Lipinski definition) is 13. The van der Waals surface area contributed by atoms with E-state index in [-0.39, 0.29) is 65.8 Å². The third-order valence-electron chi connectivity index (χ3n) is 11.8. The van der Waals surface area contributed by atoms with Crippen LogP contribution in [0.5, 0.6) is 11.5 Å². The number of quaternary nitrogens is 1. The molecular weight excluding hydrogens is 816 g/mol. The van der Waals surface area contributed by atoms with Gasteiger partial charge in [0, 0.05) is 52.1 Å². The van der Waals surface area contributed by atoms with E-state index in [1.54, 1.807) is 0 Å². The van der Waals surface area contributed by atoms with Gasteiger partial charge in [0.2, 0.25) is 0 Å².